The number of carbonyl (C=O) groups is 1. The quantitative estimate of drug-likeness (QED) is 0.857. The summed E-state index contributed by atoms with van der Waals surface area (Å²) in [4.78, 5) is 15.2. The summed E-state index contributed by atoms with van der Waals surface area (Å²) in [5.74, 6) is 3.05. The minimum Gasteiger partial charge on any atom is -0.340 e. The Hall–Kier alpha value is -0.570. The minimum atomic E-state index is 0.351. The topological polar surface area (TPSA) is 32.3 Å². The van der Waals surface area contributed by atoms with E-state index in [1.807, 2.05) is 0 Å². The molecule has 0 spiro atoms. The lowest BCUT2D eigenvalue weighted by Crippen LogP contribution is -2.47. The van der Waals surface area contributed by atoms with E-state index in [1.165, 1.54) is 38.5 Å². The van der Waals surface area contributed by atoms with Gasteiger partial charge in [0.05, 0.1) is 0 Å². The Labute approximate surface area is 123 Å². The molecule has 0 aromatic rings. The van der Waals surface area contributed by atoms with Crippen LogP contribution in [0.25, 0.3) is 0 Å². The van der Waals surface area contributed by atoms with E-state index in [2.05, 4.69) is 24.1 Å². The average Bonchev–Trinajstić information content (AvgIpc) is 3.07. The van der Waals surface area contributed by atoms with E-state index in [4.69, 9.17) is 0 Å². The molecule has 0 aromatic carbocycles. The molecule has 2 aliphatic carbocycles. The summed E-state index contributed by atoms with van der Waals surface area (Å²) < 4.78 is 0. The molecule has 1 N–H and O–H groups in total. The van der Waals surface area contributed by atoms with Gasteiger partial charge in [0.15, 0.2) is 0 Å². The van der Waals surface area contributed by atoms with Gasteiger partial charge < -0.3 is 10.2 Å². The van der Waals surface area contributed by atoms with Crippen LogP contribution in [0.1, 0.15) is 52.4 Å². The van der Waals surface area contributed by atoms with Crippen LogP contribution in [0.4, 0.5) is 0 Å². The lowest BCUT2D eigenvalue weighted by atomic mass is 9.87. The molecular weight excluding hydrogens is 248 g/mol. The monoisotopic (exact) mass is 278 g/mol. The number of hydrogen-bond donors (Lipinski definition) is 1. The molecule has 1 saturated heterocycles. The fraction of sp³-hybridized carbons (Fsp3) is 0.941. The highest BCUT2D eigenvalue weighted by Gasteiger charge is 2.44. The van der Waals surface area contributed by atoms with Gasteiger partial charge in [-0.2, -0.15) is 0 Å². The van der Waals surface area contributed by atoms with Crippen molar-refractivity contribution in [3.63, 3.8) is 0 Å². The molecule has 1 heterocycles. The number of amides is 1. The number of carbonyl (C=O) groups excluding carboxylic acids is 1. The van der Waals surface area contributed by atoms with Crippen molar-refractivity contribution in [3.05, 3.63) is 0 Å². The van der Waals surface area contributed by atoms with Gasteiger partial charge in [-0.25, -0.2) is 0 Å². The van der Waals surface area contributed by atoms with Gasteiger partial charge in [-0.3, -0.25) is 4.79 Å². The Kier molecular flexibility index (Phi) is 4.34. The second-order valence-corrected chi connectivity index (χ2v) is 7.58. The molecule has 3 nitrogen and oxygen atoms in total. The molecule has 0 aromatic heterocycles. The van der Waals surface area contributed by atoms with Gasteiger partial charge >= 0.3 is 0 Å². The summed E-state index contributed by atoms with van der Waals surface area (Å²) in [6.07, 6.45) is 7.72. The van der Waals surface area contributed by atoms with Gasteiger partial charge in [-0.1, -0.05) is 6.42 Å². The van der Waals surface area contributed by atoms with Crippen LogP contribution in [0.3, 0.4) is 0 Å². The van der Waals surface area contributed by atoms with E-state index >= 15 is 0 Å². The molecule has 3 heteroatoms. The first-order valence-corrected chi connectivity index (χ1v) is 8.66. The number of rotatable bonds is 4. The van der Waals surface area contributed by atoms with Crippen LogP contribution in [0, 0.1) is 23.7 Å². The fourth-order valence-corrected chi connectivity index (χ4v) is 4.67. The Morgan fingerprint density at radius 2 is 2.10 bits per heavy atom. The van der Waals surface area contributed by atoms with Crippen LogP contribution >= 0.6 is 0 Å². The summed E-state index contributed by atoms with van der Waals surface area (Å²) in [6, 6.07) is 0.351. The Morgan fingerprint density at radius 1 is 1.25 bits per heavy atom. The van der Waals surface area contributed by atoms with Crippen molar-refractivity contribution in [2.24, 2.45) is 23.7 Å². The summed E-state index contributed by atoms with van der Waals surface area (Å²) in [6.45, 7) is 7.58. The molecule has 3 fully saturated rings. The molecule has 20 heavy (non-hydrogen) atoms. The molecule has 1 aliphatic heterocycles. The van der Waals surface area contributed by atoms with E-state index in [0.29, 0.717) is 29.7 Å². The minimum absolute atomic E-state index is 0.351. The summed E-state index contributed by atoms with van der Waals surface area (Å²) in [7, 11) is 0. The average molecular weight is 278 g/mol. The highest BCUT2D eigenvalue weighted by molar-refractivity contribution is 5.80. The van der Waals surface area contributed by atoms with Crippen molar-refractivity contribution in [2.75, 3.05) is 19.6 Å². The molecule has 4 atom stereocenters. The van der Waals surface area contributed by atoms with Crippen LogP contribution in [0.5, 0.6) is 0 Å². The predicted molar refractivity (Wildman–Crippen MR) is 81.4 cm³/mol. The molecule has 3 aliphatic rings. The summed E-state index contributed by atoms with van der Waals surface area (Å²) in [5, 5.41) is 3.48. The lowest BCUT2D eigenvalue weighted by molar-refractivity contribution is -0.139. The zero-order chi connectivity index (χ0) is 14.1. The summed E-state index contributed by atoms with van der Waals surface area (Å²) >= 11 is 0. The van der Waals surface area contributed by atoms with Crippen molar-refractivity contribution in [1.82, 2.24) is 10.2 Å². The maximum Gasteiger partial charge on any atom is 0.226 e. The van der Waals surface area contributed by atoms with Gasteiger partial charge in [-0.15, -0.1) is 0 Å². The standard InChI is InChI=1S/C17H30N2O/c1-12(2)19(11-14-4-3-7-18-10-14)17(20)16-9-13-5-6-15(16)8-13/h12-16,18H,3-11H2,1-2H3. The molecule has 2 saturated carbocycles. The largest absolute Gasteiger partial charge is 0.340 e. The SMILES string of the molecule is CC(C)N(CC1CCCNC1)C(=O)C1CC2CCC1C2. The van der Waals surface area contributed by atoms with E-state index < -0.39 is 0 Å². The number of fused-ring (bicyclic) bond motifs is 2. The molecular formula is C17H30N2O. The second kappa shape index (κ2) is 6.05. The summed E-state index contributed by atoms with van der Waals surface area (Å²) in [5.41, 5.74) is 0. The number of nitrogens with zero attached hydrogens (tertiary/aromatic N) is 1. The van der Waals surface area contributed by atoms with E-state index in [1.54, 1.807) is 0 Å². The van der Waals surface area contributed by atoms with Gasteiger partial charge in [0.25, 0.3) is 0 Å². The highest BCUT2D eigenvalue weighted by Crippen LogP contribution is 2.49. The lowest BCUT2D eigenvalue weighted by Gasteiger charge is -2.36. The zero-order valence-electron chi connectivity index (χ0n) is 13.1. The van der Waals surface area contributed by atoms with Crippen molar-refractivity contribution < 1.29 is 4.79 Å². The first kappa shape index (κ1) is 14.4. The molecule has 1 amide bonds. The first-order chi connectivity index (χ1) is 9.65. The number of nitrogens with one attached hydrogen (secondary N) is 1. The van der Waals surface area contributed by atoms with Crippen LogP contribution in [-0.2, 0) is 4.79 Å². The van der Waals surface area contributed by atoms with E-state index in [-0.39, 0.29) is 0 Å². The molecule has 0 radical (unpaired) electrons. The van der Waals surface area contributed by atoms with Gasteiger partial charge in [0.1, 0.15) is 0 Å². The maximum absolute atomic E-state index is 13.0. The molecule has 3 rings (SSSR count). The van der Waals surface area contributed by atoms with Crippen LogP contribution in [-0.4, -0.2) is 36.5 Å². The van der Waals surface area contributed by atoms with E-state index in [9.17, 15) is 4.79 Å². The van der Waals surface area contributed by atoms with Gasteiger partial charge in [0.2, 0.25) is 5.91 Å². The molecule has 2 bridgehead atoms. The van der Waals surface area contributed by atoms with Crippen LogP contribution in [0.2, 0.25) is 0 Å². The third-order valence-electron chi connectivity index (χ3n) is 5.82. The Morgan fingerprint density at radius 3 is 2.65 bits per heavy atom. The third kappa shape index (κ3) is 2.88. The molecule has 4 unspecified atom stereocenters. The van der Waals surface area contributed by atoms with Crippen molar-refractivity contribution in [1.29, 1.82) is 0 Å². The number of hydrogen-bond acceptors (Lipinski definition) is 2. The normalized spacial score (nSPS) is 36.5. The van der Waals surface area contributed by atoms with Crippen molar-refractivity contribution in [2.45, 2.75) is 58.4 Å². The molecule has 114 valence electrons. The van der Waals surface area contributed by atoms with Crippen molar-refractivity contribution >= 4 is 5.91 Å². The van der Waals surface area contributed by atoms with Crippen LogP contribution in [0.15, 0.2) is 0 Å². The maximum atomic E-state index is 13.0. The third-order valence-corrected chi connectivity index (χ3v) is 5.82. The Bertz CT molecular complexity index is 349. The zero-order valence-corrected chi connectivity index (χ0v) is 13.1. The number of piperidine rings is 1. The Balaban J connectivity index is 1.62. The van der Waals surface area contributed by atoms with Gasteiger partial charge in [0, 0.05) is 18.5 Å². The van der Waals surface area contributed by atoms with Crippen molar-refractivity contribution in [3.8, 4) is 0 Å². The smallest absolute Gasteiger partial charge is 0.226 e. The predicted octanol–water partition coefficient (Wildman–Crippen LogP) is 2.66. The van der Waals surface area contributed by atoms with E-state index in [0.717, 1.165) is 25.6 Å². The first-order valence-electron chi connectivity index (χ1n) is 8.66. The highest BCUT2D eigenvalue weighted by atomic mass is 16.2. The fourth-order valence-electron chi connectivity index (χ4n) is 4.67. The van der Waals surface area contributed by atoms with Crippen LogP contribution < -0.4 is 5.32 Å². The van der Waals surface area contributed by atoms with Gasteiger partial charge in [-0.05, 0) is 76.8 Å². The second-order valence-electron chi connectivity index (χ2n) is 7.58.